The molecule has 1 rings (SSSR count). The molecule has 0 aromatic carbocycles. The molecule has 0 saturated carbocycles. The Balaban J connectivity index is 2.40. The van der Waals surface area contributed by atoms with Gasteiger partial charge in [0.2, 0.25) is 0 Å². The molecule has 1 N–H and O–H groups in total. The van der Waals surface area contributed by atoms with Crippen molar-refractivity contribution in [2.75, 3.05) is 31.6 Å². The van der Waals surface area contributed by atoms with Gasteiger partial charge in [0.1, 0.15) is 0 Å². The van der Waals surface area contributed by atoms with Crippen molar-refractivity contribution in [1.29, 1.82) is 0 Å². The Bertz CT molecular complexity index is 179. The number of nitrogens with zero attached hydrogens (tertiary/aromatic N) is 1. The minimum absolute atomic E-state index is 0.690. The van der Waals surface area contributed by atoms with E-state index in [-0.39, 0.29) is 0 Å². The van der Waals surface area contributed by atoms with Gasteiger partial charge in [0, 0.05) is 24.4 Å². The zero-order valence-corrected chi connectivity index (χ0v) is 12.1. The molecular formula is C13H28N2S. The first kappa shape index (κ1) is 14.3. The first-order valence-corrected chi connectivity index (χ1v) is 7.82. The third kappa shape index (κ3) is 4.27. The van der Waals surface area contributed by atoms with Crippen molar-refractivity contribution in [3.63, 3.8) is 0 Å². The molecule has 1 aliphatic heterocycles. The molecule has 2 unspecified atom stereocenters. The molecule has 0 bridgehead atoms. The van der Waals surface area contributed by atoms with Crippen LogP contribution in [0, 0.1) is 5.92 Å². The average Bonchev–Trinajstić information content (AvgIpc) is 2.76. The van der Waals surface area contributed by atoms with Crippen molar-refractivity contribution < 1.29 is 0 Å². The van der Waals surface area contributed by atoms with Gasteiger partial charge in [-0.3, -0.25) is 4.90 Å². The number of thioether (sulfide) groups is 1. The van der Waals surface area contributed by atoms with E-state index < -0.39 is 0 Å². The van der Waals surface area contributed by atoms with Crippen LogP contribution in [0.3, 0.4) is 0 Å². The lowest BCUT2D eigenvalue weighted by Crippen LogP contribution is -2.48. The first-order valence-electron chi connectivity index (χ1n) is 6.67. The second kappa shape index (κ2) is 7.57. The predicted octanol–water partition coefficient (Wildman–Crippen LogP) is 2.45. The molecule has 0 aromatic heterocycles. The maximum atomic E-state index is 3.57. The van der Waals surface area contributed by atoms with E-state index in [0.29, 0.717) is 6.04 Å². The lowest BCUT2D eigenvalue weighted by molar-refractivity contribution is 0.145. The number of rotatable bonds is 7. The molecule has 1 heterocycles. The van der Waals surface area contributed by atoms with E-state index in [1.165, 1.54) is 24.3 Å². The fourth-order valence-corrected chi connectivity index (χ4v) is 3.67. The van der Waals surface area contributed by atoms with Crippen molar-refractivity contribution >= 4 is 11.8 Å². The summed E-state index contributed by atoms with van der Waals surface area (Å²) in [5.41, 5.74) is 0. The van der Waals surface area contributed by atoms with E-state index in [1.807, 2.05) is 0 Å². The summed E-state index contributed by atoms with van der Waals surface area (Å²) in [4.78, 5) is 2.62. The number of likely N-dealkylation sites (N-methyl/N-ethyl adjacent to an activating group) is 1. The van der Waals surface area contributed by atoms with Gasteiger partial charge >= 0.3 is 0 Å². The van der Waals surface area contributed by atoms with Crippen molar-refractivity contribution in [2.45, 2.75) is 45.7 Å². The summed E-state index contributed by atoms with van der Waals surface area (Å²) in [6, 6.07) is 1.50. The second-order valence-electron chi connectivity index (χ2n) is 5.20. The largest absolute Gasteiger partial charge is 0.315 e. The predicted molar refractivity (Wildman–Crippen MR) is 75.3 cm³/mol. The number of hydrogen-bond acceptors (Lipinski definition) is 3. The zero-order valence-electron chi connectivity index (χ0n) is 11.3. The minimum Gasteiger partial charge on any atom is -0.315 e. The lowest BCUT2D eigenvalue weighted by atomic mass is 10.0. The quantitative estimate of drug-likeness (QED) is 0.693. The average molecular weight is 244 g/mol. The topological polar surface area (TPSA) is 15.3 Å². The van der Waals surface area contributed by atoms with Crippen LogP contribution >= 0.6 is 11.8 Å². The monoisotopic (exact) mass is 244 g/mol. The number of hydrogen-bond donors (Lipinski definition) is 1. The van der Waals surface area contributed by atoms with Crippen LogP contribution in [0.4, 0.5) is 0 Å². The summed E-state index contributed by atoms with van der Waals surface area (Å²) in [6.45, 7) is 9.21. The Morgan fingerprint density at radius 1 is 1.44 bits per heavy atom. The van der Waals surface area contributed by atoms with Gasteiger partial charge in [0.25, 0.3) is 0 Å². The Morgan fingerprint density at radius 2 is 2.19 bits per heavy atom. The summed E-state index contributed by atoms with van der Waals surface area (Å²) in [5.74, 6) is 3.41. The fraction of sp³-hybridized carbons (Fsp3) is 1.00. The molecule has 16 heavy (non-hydrogen) atoms. The molecule has 1 aliphatic rings. The van der Waals surface area contributed by atoms with Crippen LogP contribution in [0.2, 0.25) is 0 Å². The summed E-state index contributed by atoms with van der Waals surface area (Å²) in [5, 5.41) is 3.57. The van der Waals surface area contributed by atoms with Gasteiger partial charge < -0.3 is 5.32 Å². The molecule has 2 atom stereocenters. The molecular weight excluding hydrogens is 216 g/mol. The molecule has 2 nitrogen and oxygen atoms in total. The highest BCUT2D eigenvalue weighted by Gasteiger charge is 2.27. The van der Waals surface area contributed by atoms with Crippen molar-refractivity contribution in [3.05, 3.63) is 0 Å². The van der Waals surface area contributed by atoms with Crippen LogP contribution in [0.1, 0.15) is 33.6 Å². The summed E-state index contributed by atoms with van der Waals surface area (Å²) < 4.78 is 0. The summed E-state index contributed by atoms with van der Waals surface area (Å²) in [6.07, 6.45) is 2.60. The van der Waals surface area contributed by atoms with E-state index in [9.17, 15) is 0 Å². The Kier molecular flexibility index (Phi) is 6.78. The van der Waals surface area contributed by atoms with Crippen LogP contribution in [0.25, 0.3) is 0 Å². The maximum Gasteiger partial charge on any atom is 0.0243 e. The third-order valence-electron chi connectivity index (χ3n) is 3.55. The zero-order chi connectivity index (χ0) is 12.0. The van der Waals surface area contributed by atoms with Gasteiger partial charge in [-0.2, -0.15) is 11.8 Å². The molecule has 0 aromatic rings. The molecule has 0 spiro atoms. The molecule has 3 heteroatoms. The molecule has 96 valence electrons. The van der Waals surface area contributed by atoms with Gasteiger partial charge in [0.15, 0.2) is 0 Å². The van der Waals surface area contributed by atoms with Crippen LogP contribution in [0.5, 0.6) is 0 Å². The van der Waals surface area contributed by atoms with Crippen molar-refractivity contribution in [1.82, 2.24) is 10.2 Å². The normalized spacial score (nSPS) is 23.2. The van der Waals surface area contributed by atoms with Crippen LogP contribution in [-0.2, 0) is 0 Å². The lowest BCUT2D eigenvalue weighted by Gasteiger charge is -2.35. The van der Waals surface area contributed by atoms with Gasteiger partial charge in [-0.05, 0) is 38.1 Å². The van der Waals surface area contributed by atoms with Gasteiger partial charge in [-0.15, -0.1) is 0 Å². The smallest absolute Gasteiger partial charge is 0.0243 e. The van der Waals surface area contributed by atoms with Gasteiger partial charge in [-0.25, -0.2) is 0 Å². The SMILES string of the molecule is CCCNCC(C(C)C)N(C)C1CCSC1. The Labute approximate surface area is 106 Å². The molecule has 0 radical (unpaired) electrons. The van der Waals surface area contributed by atoms with Gasteiger partial charge in [-0.1, -0.05) is 20.8 Å². The number of nitrogens with one attached hydrogen (secondary N) is 1. The third-order valence-corrected chi connectivity index (χ3v) is 4.70. The molecule has 0 amide bonds. The van der Waals surface area contributed by atoms with Crippen LogP contribution < -0.4 is 5.32 Å². The van der Waals surface area contributed by atoms with Gasteiger partial charge in [0.05, 0.1) is 0 Å². The van der Waals surface area contributed by atoms with E-state index in [2.05, 4.69) is 49.8 Å². The fourth-order valence-electron chi connectivity index (χ4n) is 2.39. The highest BCUT2D eigenvalue weighted by atomic mass is 32.2. The molecule has 1 saturated heterocycles. The van der Waals surface area contributed by atoms with Crippen molar-refractivity contribution in [2.24, 2.45) is 5.92 Å². The van der Waals surface area contributed by atoms with E-state index in [0.717, 1.165) is 25.0 Å². The maximum absolute atomic E-state index is 3.57. The van der Waals surface area contributed by atoms with E-state index in [4.69, 9.17) is 0 Å². The standard InChI is InChI=1S/C13H28N2S/c1-5-7-14-9-13(11(2)3)15(4)12-6-8-16-10-12/h11-14H,5-10H2,1-4H3. The first-order chi connectivity index (χ1) is 7.66. The second-order valence-corrected chi connectivity index (χ2v) is 6.35. The highest BCUT2D eigenvalue weighted by molar-refractivity contribution is 7.99. The van der Waals surface area contributed by atoms with Crippen LogP contribution in [-0.4, -0.2) is 48.6 Å². The Hall–Kier alpha value is 0.270. The molecule has 0 aliphatic carbocycles. The molecule has 1 fully saturated rings. The van der Waals surface area contributed by atoms with Crippen LogP contribution in [0.15, 0.2) is 0 Å². The Morgan fingerprint density at radius 3 is 2.69 bits per heavy atom. The summed E-state index contributed by atoms with van der Waals surface area (Å²) >= 11 is 2.11. The minimum atomic E-state index is 0.690. The van der Waals surface area contributed by atoms with E-state index >= 15 is 0 Å². The summed E-state index contributed by atoms with van der Waals surface area (Å²) in [7, 11) is 2.31. The van der Waals surface area contributed by atoms with E-state index in [1.54, 1.807) is 0 Å². The highest BCUT2D eigenvalue weighted by Crippen LogP contribution is 2.24. The van der Waals surface area contributed by atoms with Crippen molar-refractivity contribution in [3.8, 4) is 0 Å².